The summed E-state index contributed by atoms with van der Waals surface area (Å²) in [7, 11) is 1.62. The molecule has 168 valence electrons. The summed E-state index contributed by atoms with van der Waals surface area (Å²) >= 11 is 0. The first-order valence-electron chi connectivity index (χ1n) is 11.0. The van der Waals surface area contributed by atoms with Gasteiger partial charge in [-0.15, -0.1) is 0 Å². The Labute approximate surface area is 185 Å². The Morgan fingerprint density at radius 1 is 1.31 bits per heavy atom. The predicted molar refractivity (Wildman–Crippen MR) is 122 cm³/mol. The molecule has 10 nitrogen and oxygen atoms in total. The molecule has 1 aliphatic rings. The van der Waals surface area contributed by atoms with Gasteiger partial charge in [0.15, 0.2) is 11.2 Å². The van der Waals surface area contributed by atoms with Crippen LogP contribution in [0.15, 0.2) is 27.9 Å². The van der Waals surface area contributed by atoms with Gasteiger partial charge in [0.1, 0.15) is 6.07 Å². The van der Waals surface area contributed by atoms with Crippen LogP contribution < -0.4 is 21.9 Å². The Bertz CT molecular complexity index is 1300. The van der Waals surface area contributed by atoms with E-state index in [1.165, 1.54) is 4.57 Å². The van der Waals surface area contributed by atoms with Crippen LogP contribution in [-0.4, -0.2) is 42.8 Å². The molecule has 10 heteroatoms. The van der Waals surface area contributed by atoms with Crippen molar-refractivity contribution in [1.82, 2.24) is 23.7 Å². The lowest BCUT2D eigenvalue weighted by Crippen LogP contribution is -2.44. The van der Waals surface area contributed by atoms with E-state index in [4.69, 9.17) is 10.7 Å². The summed E-state index contributed by atoms with van der Waals surface area (Å²) in [5.41, 5.74) is 6.76. The Kier molecular flexibility index (Phi) is 6.10. The van der Waals surface area contributed by atoms with Crippen LogP contribution in [0.4, 0.5) is 5.95 Å². The number of pyridine rings is 1. The van der Waals surface area contributed by atoms with E-state index in [9.17, 15) is 14.9 Å². The average Bonchev–Trinajstić information content (AvgIpc) is 3.19. The molecule has 2 N–H and O–H groups in total. The van der Waals surface area contributed by atoms with E-state index in [1.54, 1.807) is 25.4 Å². The molecule has 4 heterocycles. The van der Waals surface area contributed by atoms with Gasteiger partial charge in [-0.3, -0.25) is 18.9 Å². The fourth-order valence-corrected chi connectivity index (χ4v) is 4.28. The first-order valence-corrected chi connectivity index (χ1v) is 11.0. The lowest BCUT2D eigenvalue weighted by atomic mass is 10.1. The maximum atomic E-state index is 13.6. The van der Waals surface area contributed by atoms with Gasteiger partial charge in [-0.2, -0.15) is 10.2 Å². The molecule has 1 aliphatic heterocycles. The van der Waals surface area contributed by atoms with Crippen molar-refractivity contribution >= 4 is 17.1 Å². The summed E-state index contributed by atoms with van der Waals surface area (Å²) in [4.78, 5) is 37.8. The van der Waals surface area contributed by atoms with Gasteiger partial charge >= 0.3 is 5.69 Å². The molecule has 1 saturated heterocycles. The van der Waals surface area contributed by atoms with Crippen LogP contribution in [0.1, 0.15) is 43.9 Å². The molecule has 1 atom stereocenters. The molecular weight excluding hydrogens is 408 g/mol. The summed E-state index contributed by atoms with van der Waals surface area (Å²) in [6.45, 7) is 4.11. The van der Waals surface area contributed by atoms with E-state index in [0.29, 0.717) is 41.5 Å². The Morgan fingerprint density at radius 2 is 2.12 bits per heavy atom. The maximum absolute atomic E-state index is 13.6. The molecular formula is C22H28N8O2. The SMILES string of the molecule is CCCCn1c(N2CCCC(N)C2)nc2c1c(=O)n(Cc1ncccc1C#N)c(=O)n2C. The number of nitrogens with zero attached hydrogens (tertiary/aromatic N) is 7. The highest BCUT2D eigenvalue weighted by atomic mass is 16.2. The van der Waals surface area contributed by atoms with Gasteiger partial charge in [-0.25, -0.2) is 4.79 Å². The highest BCUT2D eigenvalue weighted by Gasteiger charge is 2.26. The summed E-state index contributed by atoms with van der Waals surface area (Å²) in [5.74, 6) is 0.684. The predicted octanol–water partition coefficient (Wildman–Crippen LogP) is 0.939. The molecule has 32 heavy (non-hydrogen) atoms. The summed E-state index contributed by atoms with van der Waals surface area (Å²) in [5, 5.41) is 9.38. The highest BCUT2D eigenvalue weighted by molar-refractivity contribution is 5.74. The Morgan fingerprint density at radius 3 is 2.84 bits per heavy atom. The van der Waals surface area contributed by atoms with Gasteiger partial charge in [0.05, 0.1) is 17.8 Å². The number of nitriles is 1. The molecule has 0 amide bonds. The van der Waals surface area contributed by atoms with Crippen LogP contribution in [0, 0.1) is 11.3 Å². The number of anilines is 1. The molecule has 0 aliphatic carbocycles. The fraction of sp³-hybridized carbons (Fsp3) is 0.500. The number of nitrogens with two attached hydrogens (primary N) is 1. The van der Waals surface area contributed by atoms with Crippen molar-refractivity contribution in [2.75, 3.05) is 18.0 Å². The van der Waals surface area contributed by atoms with Gasteiger partial charge in [0, 0.05) is 38.9 Å². The molecule has 0 aromatic carbocycles. The number of hydrogen-bond acceptors (Lipinski definition) is 7. The van der Waals surface area contributed by atoms with E-state index in [0.717, 1.165) is 36.8 Å². The summed E-state index contributed by atoms with van der Waals surface area (Å²) < 4.78 is 4.47. The monoisotopic (exact) mass is 436 g/mol. The number of rotatable bonds is 6. The molecule has 0 radical (unpaired) electrons. The minimum absolute atomic E-state index is 0.0530. The Hall–Kier alpha value is -3.45. The molecule has 4 rings (SSSR count). The van der Waals surface area contributed by atoms with E-state index >= 15 is 0 Å². The number of hydrogen-bond donors (Lipinski definition) is 1. The van der Waals surface area contributed by atoms with Gasteiger partial charge in [-0.1, -0.05) is 13.3 Å². The third kappa shape index (κ3) is 3.80. The summed E-state index contributed by atoms with van der Waals surface area (Å²) in [6.07, 6.45) is 5.30. The maximum Gasteiger partial charge on any atom is 0.332 e. The normalized spacial score (nSPS) is 16.4. The van der Waals surface area contributed by atoms with Crippen molar-refractivity contribution in [3.05, 3.63) is 50.4 Å². The first-order chi connectivity index (χ1) is 15.5. The van der Waals surface area contributed by atoms with Gasteiger partial charge < -0.3 is 15.2 Å². The molecule has 0 spiro atoms. The standard InChI is InChI=1S/C22H28N8O2/c1-3-4-11-29-18-19(26-21(29)28-10-6-8-16(24)13-28)27(2)22(32)30(20(18)31)14-17-15(12-23)7-5-9-25-17/h5,7,9,16H,3-4,6,8,10-11,13-14,24H2,1-2H3. The first kappa shape index (κ1) is 21.8. The molecule has 1 fully saturated rings. The molecule has 3 aromatic heterocycles. The average molecular weight is 437 g/mol. The molecule has 0 bridgehead atoms. The van der Waals surface area contributed by atoms with E-state index in [-0.39, 0.29) is 12.6 Å². The van der Waals surface area contributed by atoms with Crippen molar-refractivity contribution in [1.29, 1.82) is 5.26 Å². The van der Waals surface area contributed by atoms with Crippen molar-refractivity contribution in [3.63, 3.8) is 0 Å². The minimum atomic E-state index is -0.487. The third-order valence-electron chi connectivity index (χ3n) is 6.01. The van der Waals surface area contributed by atoms with Gasteiger partial charge in [0.2, 0.25) is 5.95 Å². The lowest BCUT2D eigenvalue weighted by Gasteiger charge is -2.31. The van der Waals surface area contributed by atoms with E-state index < -0.39 is 11.2 Å². The largest absolute Gasteiger partial charge is 0.341 e. The van der Waals surface area contributed by atoms with Crippen LogP contribution in [0.2, 0.25) is 0 Å². The zero-order chi connectivity index (χ0) is 22.8. The van der Waals surface area contributed by atoms with Crippen LogP contribution in [0.5, 0.6) is 0 Å². The number of imidazole rings is 1. The second-order valence-corrected chi connectivity index (χ2v) is 8.28. The lowest BCUT2D eigenvalue weighted by molar-refractivity contribution is 0.491. The number of aromatic nitrogens is 5. The number of piperidine rings is 1. The van der Waals surface area contributed by atoms with Crippen LogP contribution in [0.25, 0.3) is 11.2 Å². The topological polar surface area (TPSA) is 128 Å². The molecule has 3 aromatic rings. The smallest absolute Gasteiger partial charge is 0.332 e. The summed E-state index contributed by atoms with van der Waals surface area (Å²) in [6, 6.07) is 5.41. The number of unbranched alkanes of at least 4 members (excludes halogenated alkanes) is 1. The zero-order valence-electron chi connectivity index (χ0n) is 18.5. The van der Waals surface area contributed by atoms with E-state index in [1.807, 2.05) is 4.57 Å². The minimum Gasteiger partial charge on any atom is -0.341 e. The van der Waals surface area contributed by atoms with Crippen LogP contribution in [0.3, 0.4) is 0 Å². The van der Waals surface area contributed by atoms with Gasteiger partial charge in [0.25, 0.3) is 5.56 Å². The number of aryl methyl sites for hydroxylation is 2. The van der Waals surface area contributed by atoms with E-state index in [2.05, 4.69) is 22.9 Å². The second kappa shape index (κ2) is 8.96. The van der Waals surface area contributed by atoms with Crippen molar-refractivity contribution < 1.29 is 0 Å². The molecule has 1 unspecified atom stereocenters. The highest BCUT2D eigenvalue weighted by Crippen LogP contribution is 2.23. The number of fused-ring (bicyclic) bond motifs is 1. The van der Waals surface area contributed by atoms with Crippen molar-refractivity contribution in [2.24, 2.45) is 12.8 Å². The van der Waals surface area contributed by atoms with Crippen molar-refractivity contribution in [2.45, 2.75) is 51.7 Å². The zero-order valence-corrected chi connectivity index (χ0v) is 18.5. The fourth-order valence-electron chi connectivity index (χ4n) is 4.28. The van der Waals surface area contributed by atoms with Crippen LogP contribution in [-0.2, 0) is 20.1 Å². The van der Waals surface area contributed by atoms with Gasteiger partial charge in [-0.05, 0) is 31.4 Å². The third-order valence-corrected chi connectivity index (χ3v) is 6.01. The quantitative estimate of drug-likeness (QED) is 0.609. The van der Waals surface area contributed by atoms with Crippen molar-refractivity contribution in [3.8, 4) is 6.07 Å². The Balaban J connectivity index is 1.92. The second-order valence-electron chi connectivity index (χ2n) is 8.28. The van der Waals surface area contributed by atoms with Crippen LogP contribution >= 0.6 is 0 Å². The molecule has 0 saturated carbocycles.